The van der Waals surface area contributed by atoms with Gasteiger partial charge in [0.15, 0.2) is 11.4 Å². The van der Waals surface area contributed by atoms with Crippen LogP contribution in [0.2, 0.25) is 5.02 Å². The van der Waals surface area contributed by atoms with Crippen LogP contribution in [-0.2, 0) is 24.3 Å². The molecule has 0 aliphatic heterocycles. The molecule has 0 radical (unpaired) electrons. The molecule has 9 nitrogen and oxygen atoms in total. The number of amides is 1. The van der Waals surface area contributed by atoms with Gasteiger partial charge >= 0.3 is 0 Å². The zero-order valence-corrected chi connectivity index (χ0v) is 23.5. The van der Waals surface area contributed by atoms with Crippen molar-refractivity contribution in [2.75, 3.05) is 11.9 Å². The van der Waals surface area contributed by atoms with Gasteiger partial charge in [-0.15, -0.1) is 0 Å². The van der Waals surface area contributed by atoms with Gasteiger partial charge in [0.1, 0.15) is 4.90 Å². The summed E-state index contributed by atoms with van der Waals surface area (Å²) in [6.07, 6.45) is 2.14. The van der Waals surface area contributed by atoms with E-state index in [9.17, 15) is 18.3 Å². The van der Waals surface area contributed by atoms with Crippen molar-refractivity contribution in [1.29, 1.82) is 0 Å². The fourth-order valence-electron chi connectivity index (χ4n) is 3.81. The number of nitrogens with one attached hydrogen (secondary N) is 2. The average molecular weight is 560 g/mol. The number of ether oxygens (including phenoxy) is 2. The molecule has 1 aromatic carbocycles. The number of aliphatic hydroxyl groups is 1. The first-order chi connectivity index (χ1) is 16.7. The van der Waals surface area contributed by atoms with Crippen molar-refractivity contribution in [3.05, 3.63) is 28.9 Å². The number of carbonyl (C=O) groups is 1. The molecule has 0 spiro atoms. The molecule has 1 unspecified atom stereocenters. The molecular weight excluding hydrogens is 526 g/mol. The number of hydrogen-bond donors (Lipinski definition) is 3. The molecule has 36 heavy (non-hydrogen) atoms. The van der Waals surface area contributed by atoms with E-state index in [1.165, 1.54) is 30.4 Å². The molecule has 1 aliphatic rings. The minimum atomic E-state index is -4.18. The minimum Gasteiger partial charge on any atom is -0.374 e. The summed E-state index contributed by atoms with van der Waals surface area (Å²) in [6.45, 7) is 8.59. The summed E-state index contributed by atoms with van der Waals surface area (Å²) >= 11 is 7.55. The Bertz CT molecular complexity index is 1170. The van der Waals surface area contributed by atoms with Crippen LogP contribution in [0.4, 0.5) is 5.13 Å². The summed E-state index contributed by atoms with van der Waals surface area (Å²) in [7, 11) is -4.18. The smallest absolute Gasteiger partial charge is 0.242 e. The van der Waals surface area contributed by atoms with E-state index in [0.717, 1.165) is 25.7 Å². The topological polar surface area (TPSA) is 127 Å². The maximum atomic E-state index is 13.5. The van der Waals surface area contributed by atoms with Gasteiger partial charge in [0.05, 0.1) is 39.9 Å². The minimum absolute atomic E-state index is 0.0252. The number of thiazole rings is 1. The molecule has 3 rings (SSSR count). The predicted octanol–water partition coefficient (Wildman–Crippen LogP) is 4.47. The van der Waals surface area contributed by atoms with Crippen molar-refractivity contribution in [2.45, 2.75) is 89.2 Å². The molecule has 3 N–H and O–H groups in total. The molecule has 12 heteroatoms. The highest BCUT2D eigenvalue weighted by atomic mass is 35.5. The maximum absolute atomic E-state index is 13.5. The molecule has 1 aromatic heterocycles. The van der Waals surface area contributed by atoms with Gasteiger partial charge in [0, 0.05) is 6.92 Å². The van der Waals surface area contributed by atoms with Gasteiger partial charge in [-0.1, -0.05) is 41.8 Å². The quantitative estimate of drug-likeness (QED) is 0.366. The number of nitrogens with zero attached hydrogens (tertiary/aromatic N) is 1. The van der Waals surface area contributed by atoms with Crippen LogP contribution >= 0.6 is 22.9 Å². The number of carbonyl (C=O) groups excluding carboxylic acids is 1. The van der Waals surface area contributed by atoms with Gasteiger partial charge in [-0.25, -0.2) is 18.1 Å². The highest BCUT2D eigenvalue weighted by Gasteiger charge is 2.32. The molecule has 1 amide bonds. The zero-order chi connectivity index (χ0) is 26.7. The van der Waals surface area contributed by atoms with Crippen LogP contribution in [0, 0.1) is 6.92 Å². The van der Waals surface area contributed by atoms with E-state index in [1.807, 2.05) is 20.8 Å². The van der Waals surface area contributed by atoms with E-state index >= 15 is 0 Å². The van der Waals surface area contributed by atoms with Crippen molar-refractivity contribution in [1.82, 2.24) is 9.71 Å². The SMILES string of the molecule is CC(=O)Nc1nc(C)c(-c2ccc(Cl)c(S(=O)(=O)N[C@@H](COC(C)(C)C)C(O)OC3CCCC3)c2)s1. The third-order valence-corrected chi connectivity index (χ3v) is 8.64. The van der Waals surface area contributed by atoms with Crippen LogP contribution in [0.3, 0.4) is 0 Å². The first kappa shape index (κ1) is 29.0. The third-order valence-electron chi connectivity index (χ3n) is 5.54. The molecule has 200 valence electrons. The van der Waals surface area contributed by atoms with E-state index in [4.69, 9.17) is 21.1 Å². The normalized spacial score (nSPS) is 16.8. The molecular formula is C24H34ClN3O6S2. The van der Waals surface area contributed by atoms with Gasteiger partial charge in [-0.3, -0.25) is 4.79 Å². The molecule has 1 heterocycles. The van der Waals surface area contributed by atoms with Crippen LogP contribution in [0.15, 0.2) is 23.1 Å². The lowest BCUT2D eigenvalue weighted by Gasteiger charge is -2.29. The van der Waals surface area contributed by atoms with E-state index in [0.29, 0.717) is 21.3 Å². The number of anilines is 1. The third kappa shape index (κ3) is 7.95. The lowest BCUT2D eigenvalue weighted by molar-refractivity contribution is -0.163. The Morgan fingerprint density at radius 3 is 2.58 bits per heavy atom. The van der Waals surface area contributed by atoms with Crippen molar-refractivity contribution in [3.8, 4) is 10.4 Å². The Kier molecular flexibility index (Phi) is 9.53. The number of aromatic nitrogens is 1. The maximum Gasteiger partial charge on any atom is 0.242 e. The van der Waals surface area contributed by atoms with Gasteiger partial charge in [-0.2, -0.15) is 0 Å². The number of aliphatic hydroxyl groups excluding tert-OH is 1. The Balaban J connectivity index is 1.88. The van der Waals surface area contributed by atoms with Crippen LogP contribution in [0.25, 0.3) is 10.4 Å². The Labute approximate surface area is 221 Å². The standard InChI is InChI=1S/C24H34ClN3O6S2/c1-14-21(35-23(26-14)27-15(2)29)16-10-11-18(25)20(12-16)36(31,32)28-19(13-33-24(3,4)5)22(30)34-17-8-6-7-9-17/h10-12,17,19,22,28,30H,6-9,13H2,1-5H3,(H,26,27,29)/t19-,22?/m0/s1. The summed E-state index contributed by atoms with van der Waals surface area (Å²) in [6, 6.07) is 3.59. The number of sulfonamides is 1. The lowest BCUT2D eigenvalue weighted by atomic mass is 10.2. The van der Waals surface area contributed by atoms with Crippen molar-refractivity contribution in [2.24, 2.45) is 0 Å². The zero-order valence-electron chi connectivity index (χ0n) is 21.1. The molecule has 0 saturated heterocycles. The number of halogens is 1. The Hall–Kier alpha value is -1.60. The summed E-state index contributed by atoms with van der Waals surface area (Å²) in [5.41, 5.74) is 0.666. The lowest BCUT2D eigenvalue weighted by Crippen LogP contribution is -2.49. The summed E-state index contributed by atoms with van der Waals surface area (Å²) < 4.78 is 41.0. The number of aryl methyl sites for hydroxylation is 1. The number of rotatable bonds is 10. The molecule has 2 atom stereocenters. The summed E-state index contributed by atoms with van der Waals surface area (Å²) in [4.78, 5) is 16.3. The average Bonchev–Trinajstić information content (AvgIpc) is 3.39. The van der Waals surface area contributed by atoms with E-state index in [2.05, 4.69) is 15.0 Å². The first-order valence-corrected chi connectivity index (χ1v) is 14.5. The highest BCUT2D eigenvalue weighted by molar-refractivity contribution is 7.89. The fourth-order valence-corrected chi connectivity index (χ4v) is 6.56. The van der Waals surface area contributed by atoms with E-state index in [1.54, 1.807) is 13.0 Å². The van der Waals surface area contributed by atoms with Crippen molar-refractivity contribution >= 4 is 44.0 Å². The molecule has 1 fully saturated rings. The van der Waals surface area contributed by atoms with E-state index < -0.39 is 28.0 Å². The predicted molar refractivity (Wildman–Crippen MR) is 141 cm³/mol. The summed E-state index contributed by atoms with van der Waals surface area (Å²) in [5.74, 6) is -0.249. The van der Waals surface area contributed by atoms with Crippen molar-refractivity contribution in [3.63, 3.8) is 0 Å². The molecule has 0 bridgehead atoms. The second-order valence-electron chi connectivity index (χ2n) is 9.84. The van der Waals surface area contributed by atoms with E-state index in [-0.39, 0.29) is 28.5 Å². The number of hydrogen-bond acceptors (Lipinski definition) is 8. The first-order valence-electron chi connectivity index (χ1n) is 11.8. The van der Waals surface area contributed by atoms with Gasteiger partial charge in [0.2, 0.25) is 15.9 Å². The second kappa shape index (κ2) is 11.8. The number of benzene rings is 1. The molecule has 1 aliphatic carbocycles. The highest BCUT2D eigenvalue weighted by Crippen LogP contribution is 2.36. The fraction of sp³-hybridized carbons (Fsp3) is 0.583. The van der Waals surface area contributed by atoms with Crippen molar-refractivity contribution < 1.29 is 27.8 Å². The summed E-state index contributed by atoms with van der Waals surface area (Å²) in [5, 5.41) is 13.9. The molecule has 1 saturated carbocycles. The van der Waals surface area contributed by atoms with Crippen LogP contribution < -0.4 is 10.0 Å². The van der Waals surface area contributed by atoms with Crippen LogP contribution in [0.1, 0.15) is 59.1 Å². The molecule has 2 aromatic rings. The Morgan fingerprint density at radius 1 is 1.31 bits per heavy atom. The monoisotopic (exact) mass is 559 g/mol. The van der Waals surface area contributed by atoms with Gasteiger partial charge in [-0.05, 0) is 58.2 Å². The largest absolute Gasteiger partial charge is 0.374 e. The van der Waals surface area contributed by atoms with Gasteiger partial charge < -0.3 is 19.9 Å². The van der Waals surface area contributed by atoms with Crippen LogP contribution in [0.5, 0.6) is 0 Å². The van der Waals surface area contributed by atoms with Crippen LogP contribution in [-0.4, -0.2) is 55.1 Å². The second-order valence-corrected chi connectivity index (χ2v) is 12.9. The van der Waals surface area contributed by atoms with Gasteiger partial charge in [0.25, 0.3) is 0 Å². The Morgan fingerprint density at radius 2 is 1.97 bits per heavy atom.